The van der Waals surface area contributed by atoms with Gasteiger partial charge in [-0.3, -0.25) is 4.79 Å². The maximum absolute atomic E-state index is 13.4. The molecule has 0 aromatic heterocycles. The van der Waals surface area contributed by atoms with Gasteiger partial charge >= 0.3 is 0 Å². The molecule has 14 heteroatoms. The van der Waals surface area contributed by atoms with Crippen molar-refractivity contribution in [1.29, 1.82) is 0 Å². The molecule has 2 saturated heterocycles. The van der Waals surface area contributed by atoms with Crippen molar-refractivity contribution >= 4 is 5.91 Å². The summed E-state index contributed by atoms with van der Waals surface area (Å²) in [4.78, 5) is 13.4. The number of unbranched alkanes of at least 4 members (excludes halogenated alkanes) is 50. The third-order valence-electron chi connectivity index (χ3n) is 19.1. The van der Waals surface area contributed by atoms with Gasteiger partial charge in [-0.2, -0.15) is 0 Å². The molecule has 0 spiro atoms. The highest BCUT2D eigenvalue weighted by atomic mass is 16.7. The normalized spacial score (nSPS) is 23.0. The number of carbonyl (C=O) groups is 1. The molecular weight excluding hydrogens is 1130 g/mol. The monoisotopic (exact) mass is 1280 g/mol. The number of hydrogen-bond acceptors (Lipinski definition) is 13. The van der Waals surface area contributed by atoms with Crippen LogP contribution in [0.5, 0.6) is 0 Å². The molecule has 14 nitrogen and oxygen atoms in total. The second-order valence-electron chi connectivity index (χ2n) is 27.5. The lowest BCUT2D eigenvalue weighted by Crippen LogP contribution is -2.65. The Hall–Kier alpha value is -1.53. The summed E-state index contributed by atoms with van der Waals surface area (Å²) < 4.78 is 22.9. The van der Waals surface area contributed by atoms with E-state index < -0.39 is 86.8 Å². The van der Waals surface area contributed by atoms with E-state index in [2.05, 4.69) is 31.3 Å². The molecule has 1 amide bonds. The molecule has 0 saturated carbocycles. The van der Waals surface area contributed by atoms with Crippen LogP contribution in [0.25, 0.3) is 0 Å². The quantitative estimate of drug-likeness (QED) is 0.0204. The van der Waals surface area contributed by atoms with E-state index >= 15 is 0 Å². The zero-order valence-corrected chi connectivity index (χ0v) is 58.2. The van der Waals surface area contributed by atoms with Gasteiger partial charge in [0, 0.05) is 6.42 Å². The Morgan fingerprint density at radius 2 is 0.700 bits per heavy atom. The van der Waals surface area contributed by atoms with Crippen LogP contribution in [-0.4, -0.2) is 140 Å². The molecule has 2 heterocycles. The first-order valence-corrected chi connectivity index (χ1v) is 38.6. The summed E-state index contributed by atoms with van der Waals surface area (Å²) >= 11 is 0. The zero-order valence-electron chi connectivity index (χ0n) is 58.2. The predicted molar refractivity (Wildman–Crippen MR) is 369 cm³/mol. The molecule has 90 heavy (non-hydrogen) atoms. The minimum absolute atomic E-state index is 0.231. The fourth-order valence-electron chi connectivity index (χ4n) is 13.0. The Morgan fingerprint density at radius 3 is 1.06 bits per heavy atom. The summed E-state index contributed by atoms with van der Waals surface area (Å²) in [5, 5.41) is 87.6. The average Bonchev–Trinajstić information content (AvgIpc) is 1.42. The van der Waals surface area contributed by atoms with Gasteiger partial charge in [-0.25, -0.2) is 0 Å². The van der Waals surface area contributed by atoms with Gasteiger partial charge in [0.05, 0.1) is 32.0 Å². The highest BCUT2D eigenvalue weighted by molar-refractivity contribution is 5.76. The summed E-state index contributed by atoms with van der Waals surface area (Å²) in [6, 6.07) is -0.913. The van der Waals surface area contributed by atoms with E-state index in [9.17, 15) is 45.6 Å². The van der Waals surface area contributed by atoms with Gasteiger partial charge < -0.3 is 65.1 Å². The Kier molecular flexibility index (Phi) is 57.4. The van der Waals surface area contributed by atoms with Crippen LogP contribution in [0.1, 0.15) is 361 Å². The number of carbonyl (C=O) groups excluding carboxylic acids is 1. The Balaban J connectivity index is 1.63. The molecule has 12 unspecified atom stereocenters. The molecule has 2 rings (SSSR count). The van der Waals surface area contributed by atoms with E-state index in [1.807, 2.05) is 6.08 Å². The van der Waals surface area contributed by atoms with E-state index in [0.29, 0.717) is 6.42 Å². The largest absolute Gasteiger partial charge is 0.394 e. The van der Waals surface area contributed by atoms with Crippen LogP contribution in [-0.2, 0) is 23.7 Å². The molecule has 9 N–H and O–H groups in total. The molecule has 0 aliphatic carbocycles. The van der Waals surface area contributed by atoms with E-state index in [-0.39, 0.29) is 18.9 Å². The molecule has 0 aromatic rings. The number of aliphatic hydroxyl groups excluding tert-OH is 8. The Morgan fingerprint density at radius 1 is 0.389 bits per heavy atom. The third-order valence-corrected chi connectivity index (χ3v) is 19.1. The molecule has 0 aromatic carbocycles. The smallest absolute Gasteiger partial charge is 0.220 e. The first-order valence-electron chi connectivity index (χ1n) is 38.6. The number of nitrogens with one attached hydrogen (secondary N) is 1. The van der Waals surface area contributed by atoms with Gasteiger partial charge in [0.2, 0.25) is 5.91 Å². The van der Waals surface area contributed by atoms with Crippen molar-refractivity contribution in [1.82, 2.24) is 5.32 Å². The van der Waals surface area contributed by atoms with Crippen molar-refractivity contribution in [2.24, 2.45) is 0 Å². The Labute approximate surface area is 551 Å². The van der Waals surface area contributed by atoms with Crippen molar-refractivity contribution in [3.05, 3.63) is 24.3 Å². The van der Waals surface area contributed by atoms with Crippen LogP contribution < -0.4 is 5.32 Å². The van der Waals surface area contributed by atoms with Crippen LogP contribution in [0, 0.1) is 0 Å². The lowest BCUT2D eigenvalue weighted by atomic mass is 9.97. The van der Waals surface area contributed by atoms with Crippen molar-refractivity contribution in [2.45, 2.75) is 434 Å². The number of rotatable bonds is 65. The summed E-state index contributed by atoms with van der Waals surface area (Å²) in [5.41, 5.74) is 0. The predicted octanol–water partition coefficient (Wildman–Crippen LogP) is 16.7. The zero-order chi connectivity index (χ0) is 65.2. The van der Waals surface area contributed by atoms with Gasteiger partial charge in [0.15, 0.2) is 12.6 Å². The number of allylic oxidation sites excluding steroid dienone is 3. The van der Waals surface area contributed by atoms with Crippen LogP contribution >= 0.6 is 0 Å². The third kappa shape index (κ3) is 44.3. The fourth-order valence-corrected chi connectivity index (χ4v) is 13.0. The molecule has 2 aliphatic rings. The van der Waals surface area contributed by atoms with Crippen LogP contribution in [0.4, 0.5) is 0 Å². The summed E-state index contributed by atoms with van der Waals surface area (Å²) in [6.07, 6.45) is 61.1. The lowest BCUT2D eigenvalue weighted by Gasteiger charge is -2.46. The first kappa shape index (κ1) is 84.6. The fraction of sp³-hybridized carbons (Fsp3) is 0.934. The maximum atomic E-state index is 13.4. The highest BCUT2D eigenvalue weighted by Crippen LogP contribution is 2.30. The van der Waals surface area contributed by atoms with E-state index in [1.165, 1.54) is 295 Å². The molecule has 2 fully saturated rings. The second-order valence-corrected chi connectivity index (χ2v) is 27.5. The van der Waals surface area contributed by atoms with Crippen molar-refractivity contribution in [2.75, 3.05) is 19.8 Å². The number of hydrogen-bond donors (Lipinski definition) is 9. The molecule has 2 aliphatic heterocycles. The molecule has 0 bridgehead atoms. The standard InChI is InChI=1S/C76H145NO13/c1-3-5-7-9-11-13-15-17-19-21-23-25-27-29-30-31-32-33-34-36-38-40-42-44-46-48-50-52-54-56-58-60-68(81)77-64(63-87-75-73(86)71(84)74(67(62-79)89-75)90-76-72(85)70(83)69(82)66(61-78)88-76)65(80)59-57-55-53-51-49-47-45-43-41-39-37-35-28-26-24-22-20-18-16-14-12-10-8-6-4-2/h21,23,57,59,64-67,69-76,78-80,82-86H,3-20,22,24-56,58,60-63H2,1-2H3,(H,77,81)/b23-21-,59-57+. The van der Waals surface area contributed by atoms with Gasteiger partial charge in [-0.1, -0.05) is 334 Å². The lowest BCUT2D eigenvalue weighted by molar-refractivity contribution is -0.359. The van der Waals surface area contributed by atoms with Crippen LogP contribution in [0.15, 0.2) is 24.3 Å². The van der Waals surface area contributed by atoms with Crippen molar-refractivity contribution < 1.29 is 64.6 Å². The molecule has 12 atom stereocenters. The van der Waals surface area contributed by atoms with Gasteiger partial charge in [-0.05, 0) is 44.9 Å². The maximum Gasteiger partial charge on any atom is 0.220 e. The topological polar surface area (TPSA) is 228 Å². The second kappa shape index (κ2) is 61.1. The molecular formula is C76H145NO13. The molecule has 0 radical (unpaired) electrons. The van der Waals surface area contributed by atoms with Crippen LogP contribution in [0.3, 0.4) is 0 Å². The minimum atomic E-state index is -1.79. The minimum Gasteiger partial charge on any atom is -0.394 e. The first-order chi connectivity index (χ1) is 44.1. The summed E-state index contributed by atoms with van der Waals surface area (Å²) in [6.45, 7) is 2.86. The Bertz CT molecular complexity index is 1600. The van der Waals surface area contributed by atoms with Gasteiger partial charge in [0.1, 0.15) is 48.8 Å². The SMILES string of the molecule is CCCCCCCCCC/C=C\CCCCCCCCCCCCCCCCCCCCCC(=O)NC(COC1OC(CO)C(OC2OC(CO)C(O)C(O)C2O)C(O)C1O)C(O)/C=C/CCCCCCCCCCCCCCCCCCCCCCCCC. The van der Waals surface area contributed by atoms with E-state index in [0.717, 1.165) is 38.5 Å². The molecule has 532 valence electrons. The van der Waals surface area contributed by atoms with Gasteiger partial charge in [-0.15, -0.1) is 0 Å². The van der Waals surface area contributed by atoms with Gasteiger partial charge in [0.25, 0.3) is 0 Å². The van der Waals surface area contributed by atoms with Crippen molar-refractivity contribution in [3.8, 4) is 0 Å². The van der Waals surface area contributed by atoms with Crippen LogP contribution in [0.2, 0.25) is 0 Å². The highest BCUT2D eigenvalue weighted by Gasteiger charge is 2.51. The average molecular weight is 1280 g/mol. The summed E-state index contributed by atoms with van der Waals surface area (Å²) in [5.74, 6) is -0.231. The van der Waals surface area contributed by atoms with E-state index in [1.54, 1.807) is 6.08 Å². The summed E-state index contributed by atoms with van der Waals surface area (Å²) in [7, 11) is 0. The number of ether oxygens (including phenoxy) is 4. The van der Waals surface area contributed by atoms with Crippen molar-refractivity contribution in [3.63, 3.8) is 0 Å². The number of amides is 1. The number of aliphatic hydroxyl groups is 8. The van der Waals surface area contributed by atoms with E-state index in [4.69, 9.17) is 18.9 Å².